The third-order valence-electron chi connectivity index (χ3n) is 3.61. The number of benzene rings is 1. The number of hydrogen-bond donors (Lipinski definition) is 2. The number of sulfone groups is 1. The summed E-state index contributed by atoms with van der Waals surface area (Å²) in [6.07, 6.45) is 1.08. The maximum atomic E-state index is 12.4. The van der Waals surface area contributed by atoms with Crippen molar-refractivity contribution >= 4 is 25.5 Å². The molecule has 0 aliphatic carbocycles. The molecule has 6 nitrogen and oxygen atoms in total. The molecule has 8 heteroatoms. The summed E-state index contributed by atoms with van der Waals surface area (Å²) in [5.74, 6) is 0. The van der Waals surface area contributed by atoms with E-state index < -0.39 is 24.6 Å². The molecule has 0 bridgehead atoms. The number of hydrogen-bond acceptors (Lipinski definition) is 5. The monoisotopic (exact) mass is 334 g/mol. The van der Waals surface area contributed by atoms with E-state index in [2.05, 4.69) is 4.72 Å². The van der Waals surface area contributed by atoms with Gasteiger partial charge in [0.2, 0.25) is 10.0 Å². The Labute approximate surface area is 126 Å². The van der Waals surface area contributed by atoms with E-state index in [-0.39, 0.29) is 11.4 Å². The summed E-state index contributed by atoms with van der Waals surface area (Å²) < 4.78 is 49.3. The van der Waals surface area contributed by atoms with Gasteiger partial charge in [0, 0.05) is 18.5 Å². The summed E-state index contributed by atoms with van der Waals surface area (Å²) in [5.41, 5.74) is 7.15. The van der Waals surface area contributed by atoms with Gasteiger partial charge >= 0.3 is 0 Å². The summed E-state index contributed by atoms with van der Waals surface area (Å²) in [5, 5.41) is 0. The third kappa shape index (κ3) is 3.75. The van der Waals surface area contributed by atoms with Crippen LogP contribution in [0.2, 0.25) is 0 Å². The van der Waals surface area contributed by atoms with E-state index in [1.807, 2.05) is 0 Å². The molecule has 0 amide bonds. The van der Waals surface area contributed by atoms with Gasteiger partial charge in [0.25, 0.3) is 0 Å². The van der Waals surface area contributed by atoms with E-state index in [1.54, 1.807) is 26.0 Å². The number of nitrogens with two attached hydrogens (primary N) is 1. The first kappa shape index (κ1) is 17.9. The first-order valence-electron chi connectivity index (χ1n) is 6.34. The maximum Gasteiger partial charge on any atom is 0.241 e. The normalized spacial score (nSPS) is 13.4. The van der Waals surface area contributed by atoms with Crippen molar-refractivity contribution in [2.75, 3.05) is 18.5 Å². The molecule has 0 heterocycles. The lowest BCUT2D eigenvalue weighted by Gasteiger charge is -2.23. The molecular formula is C13H22N2O4S2. The second-order valence-corrected chi connectivity index (χ2v) is 10.1. The first-order valence-corrected chi connectivity index (χ1v) is 9.72. The lowest BCUT2D eigenvalue weighted by Crippen LogP contribution is -2.43. The Balaban J connectivity index is 3.19. The molecule has 21 heavy (non-hydrogen) atoms. The lowest BCUT2D eigenvalue weighted by molar-refractivity contribution is 0.536. The molecule has 0 aliphatic rings. The zero-order valence-corrected chi connectivity index (χ0v) is 14.5. The minimum Gasteiger partial charge on any atom is -0.398 e. The minimum atomic E-state index is -3.83. The highest BCUT2D eigenvalue weighted by Crippen LogP contribution is 2.25. The topological polar surface area (TPSA) is 106 Å². The fourth-order valence-electron chi connectivity index (χ4n) is 1.73. The standard InChI is InChI=1S/C13H22N2O4S2/c1-9-6-7-11(14)10(2)12(9)21(18,19)15-8-13(3,4)20(5,16)17/h6-7,15H,8,14H2,1-5H3. The van der Waals surface area contributed by atoms with Crippen LogP contribution in [-0.4, -0.2) is 34.4 Å². The zero-order chi connectivity index (χ0) is 16.6. The first-order chi connectivity index (χ1) is 9.29. The Bertz CT molecular complexity index is 751. The van der Waals surface area contributed by atoms with Crippen LogP contribution < -0.4 is 10.5 Å². The van der Waals surface area contributed by atoms with Gasteiger partial charge in [-0.3, -0.25) is 0 Å². The van der Waals surface area contributed by atoms with Crippen LogP contribution in [0, 0.1) is 13.8 Å². The SMILES string of the molecule is Cc1ccc(N)c(C)c1S(=O)(=O)NCC(C)(C)S(C)(=O)=O. The Kier molecular flexibility index (Phi) is 4.77. The van der Waals surface area contributed by atoms with Gasteiger partial charge in [0.05, 0.1) is 9.64 Å². The van der Waals surface area contributed by atoms with E-state index in [4.69, 9.17) is 5.73 Å². The molecule has 1 aromatic rings. The Hall–Kier alpha value is -1.12. The van der Waals surface area contributed by atoms with Crippen molar-refractivity contribution in [1.82, 2.24) is 4.72 Å². The maximum absolute atomic E-state index is 12.4. The number of anilines is 1. The number of nitrogen functional groups attached to an aromatic ring is 1. The van der Waals surface area contributed by atoms with E-state index in [0.717, 1.165) is 6.26 Å². The highest BCUT2D eigenvalue weighted by atomic mass is 32.2. The van der Waals surface area contributed by atoms with Crippen molar-refractivity contribution in [3.8, 4) is 0 Å². The summed E-state index contributed by atoms with van der Waals surface area (Å²) >= 11 is 0. The zero-order valence-electron chi connectivity index (χ0n) is 12.9. The quantitative estimate of drug-likeness (QED) is 0.781. The molecule has 0 radical (unpaired) electrons. The molecule has 0 spiro atoms. The van der Waals surface area contributed by atoms with Gasteiger partial charge in [-0.2, -0.15) is 0 Å². The highest BCUT2D eigenvalue weighted by Gasteiger charge is 2.32. The van der Waals surface area contributed by atoms with Crippen molar-refractivity contribution in [1.29, 1.82) is 0 Å². The van der Waals surface area contributed by atoms with E-state index in [1.165, 1.54) is 13.8 Å². The largest absolute Gasteiger partial charge is 0.398 e. The average molecular weight is 334 g/mol. The summed E-state index contributed by atoms with van der Waals surface area (Å²) in [6, 6.07) is 3.27. The number of rotatable bonds is 5. The molecule has 0 saturated heterocycles. The van der Waals surface area contributed by atoms with Crippen molar-refractivity contribution in [2.45, 2.75) is 37.3 Å². The van der Waals surface area contributed by atoms with Crippen LogP contribution in [0.5, 0.6) is 0 Å². The van der Waals surface area contributed by atoms with Gasteiger partial charge in [0.15, 0.2) is 9.84 Å². The predicted octanol–water partition coefficient (Wildman–Crippen LogP) is 0.987. The fraction of sp³-hybridized carbons (Fsp3) is 0.538. The predicted molar refractivity (Wildman–Crippen MR) is 84.4 cm³/mol. The van der Waals surface area contributed by atoms with Crippen molar-refractivity contribution in [3.05, 3.63) is 23.3 Å². The van der Waals surface area contributed by atoms with Gasteiger partial charge in [-0.05, 0) is 44.9 Å². The van der Waals surface area contributed by atoms with Gasteiger partial charge in [-0.25, -0.2) is 21.6 Å². The van der Waals surface area contributed by atoms with Gasteiger partial charge in [-0.15, -0.1) is 0 Å². The second-order valence-electron chi connectivity index (χ2n) is 5.78. The van der Waals surface area contributed by atoms with Gasteiger partial charge < -0.3 is 5.73 Å². The molecule has 1 aromatic carbocycles. The van der Waals surface area contributed by atoms with E-state index >= 15 is 0 Å². The Morgan fingerprint density at radius 2 is 1.67 bits per heavy atom. The molecular weight excluding hydrogens is 312 g/mol. The van der Waals surface area contributed by atoms with Gasteiger partial charge in [-0.1, -0.05) is 6.07 Å². The van der Waals surface area contributed by atoms with Crippen molar-refractivity contribution in [2.24, 2.45) is 0 Å². The van der Waals surface area contributed by atoms with Crippen LogP contribution in [0.4, 0.5) is 5.69 Å². The molecule has 0 fully saturated rings. The van der Waals surface area contributed by atoms with E-state index in [0.29, 0.717) is 16.8 Å². The van der Waals surface area contributed by atoms with Crippen LogP contribution in [0.15, 0.2) is 17.0 Å². The molecule has 0 aromatic heterocycles. The summed E-state index contributed by atoms with van der Waals surface area (Å²) in [6.45, 7) is 6.04. The molecule has 0 unspecified atom stereocenters. The fourth-order valence-corrected chi connectivity index (χ4v) is 3.86. The van der Waals surface area contributed by atoms with Gasteiger partial charge in [0.1, 0.15) is 0 Å². The highest BCUT2D eigenvalue weighted by molar-refractivity contribution is 7.92. The van der Waals surface area contributed by atoms with Crippen molar-refractivity contribution < 1.29 is 16.8 Å². The second kappa shape index (κ2) is 5.58. The minimum absolute atomic E-state index is 0.104. The van der Waals surface area contributed by atoms with E-state index in [9.17, 15) is 16.8 Å². The molecule has 1 rings (SSSR count). The van der Waals surface area contributed by atoms with Crippen molar-refractivity contribution in [3.63, 3.8) is 0 Å². The lowest BCUT2D eigenvalue weighted by atomic mass is 10.1. The molecule has 0 aliphatic heterocycles. The van der Waals surface area contributed by atoms with Crippen LogP contribution in [0.25, 0.3) is 0 Å². The number of nitrogens with one attached hydrogen (secondary N) is 1. The molecule has 120 valence electrons. The number of sulfonamides is 1. The molecule has 0 saturated carbocycles. The molecule has 0 atom stereocenters. The Morgan fingerprint density at radius 3 is 2.14 bits per heavy atom. The third-order valence-corrected chi connectivity index (χ3v) is 7.45. The smallest absolute Gasteiger partial charge is 0.241 e. The van der Waals surface area contributed by atoms with Crippen LogP contribution in [0.1, 0.15) is 25.0 Å². The Morgan fingerprint density at radius 1 is 1.14 bits per heavy atom. The van der Waals surface area contributed by atoms with Crippen LogP contribution >= 0.6 is 0 Å². The van der Waals surface area contributed by atoms with Crippen LogP contribution in [-0.2, 0) is 19.9 Å². The summed E-state index contributed by atoms with van der Waals surface area (Å²) in [7, 11) is -7.22. The number of aryl methyl sites for hydroxylation is 1. The average Bonchev–Trinajstić information content (AvgIpc) is 2.30. The summed E-state index contributed by atoms with van der Waals surface area (Å²) in [4.78, 5) is 0.104. The van der Waals surface area contributed by atoms with Crippen LogP contribution in [0.3, 0.4) is 0 Å². The molecule has 3 N–H and O–H groups in total.